The zero-order valence-corrected chi connectivity index (χ0v) is 14.5. The standard InChI is InChI=1S/C19H19F3N4/c1-13-8-14(2)26(25-13)17-6-5-16(18(9-17)19(20,21)22)12-24-11-15-4-3-7-23-10-15/h3-10,24H,11-12H2,1-2H3. The summed E-state index contributed by atoms with van der Waals surface area (Å²) in [4.78, 5) is 3.99. The van der Waals surface area contributed by atoms with E-state index >= 15 is 0 Å². The van der Waals surface area contributed by atoms with E-state index in [0.29, 0.717) is 12.2 Å². The highest BCUT2D eigenvalue weighted by Crippen LogP contribution is 2.33. The first-order chi connectivity index (χ1) is 12.3. The van der Waals surface area contributed by atoms with E-state index in [1.54, 1.807) is 24.5 Å². The molecule has 0 radical (unpaired) electrons. The number of nitrogens with one attached hydrogen (secondary N) is 1. The molecule has 7 heteroatoms. The molecule has 26 heavy (non-hydrogen) atoms. The molecule has 3 aromatic rings. The molecule has 0 saturated carbocycles. The molecule has 2 aromatic heterocycles. The number of pyridine rings is 1. The topological polar surface area (TPSA) is 42.7 Å². The molecule has 0 bridgehead atoms. The minimum atomic E-state index is -4.43. The lowest BCUT2D eigenvalue weighted by atomic mass is 10.1. The summed E-state index contributed by atoms with van der Waals surface area (Å²) in [5, 5.41) is 7.30. The van der Waals surface area contributed by atoms with Gasteiger partial charge in [0.25, 0.3) is 0 Å². The van der Waals surface area contributed by atoms with Crippen molar-refractivity contribution in [1.29, 1.82) is 0 Å². The Morgan fingerprint density at radius 1 is 1.08 bits per heavy atom. The van der Waals surface area contributed by atoms with Gasteiger partial charge in [-0.15, -0.1) is 0 Å². The number of aromatic nitrogens is 3. The van der Waals surface area contributed by atoms with Crippen molar-refractivity contribution in [2.24, 2.45) is 0 Å². The van der Waals surface area contributed by atoms with E-state index in [-0.39, 0.29) is 12.1 Å². The molecule has 0 fully saturated rings. The molecule has 136 valence electrons. The molecule has 0 saturated heterocycles. The van der Waals surface area contributed by atoms with Crippen molar-refractivity contribution >= 4 is 0 Å². The van der Waals surface area contributed by atoms with Gasteiger partial charge in [0.1, 0.15) is 0 Å². The molecule has 0 atom stereocenters. The second-order valence-corrected chi connectivity index (χ2v) is 6.14. The van der Waals surface area contributed by atoms with E-state index in [0.717, 1.165) is 23.0 Å². The van der Waals surface area contributed by atoms with Gasteiger partial charge in [-0.2, -0.15) is 18.3 Å². The number of nitrogens with zero attached hydrogens (tertiary/aromatic N) is 3. The summed E-state index contributed by atoms with van der Waals surface area (Å²) in [6.45, 7) is 4.19. The van der Waals surface area contributed by atoms with Crippen molar-refractivity contribution in [3.8, 4) is 5.69 Å². The summed E-state index contributed by atoms with van der Waals surface area (Å²) in [6.07, 6.45) is -1.09. The Bertz CT molecular complexity index is 886. The summed E-state index contributed by atoms with van der Waals surface area (Å²) in [6, 6.07) is 9.82. The third-order valence-corrected chi connectivity index (χ3v) is 4.02. The fraction of sp³-hybridized carbons (Fsp3) is 0.263. The van der Waals surface area contributed by atoms with Crippen LogP contribution in [0.3, 0.4) is 0 Å². The minimum absolute atomic E-state index is 0.112. The van der Waals surface area contributed by atoms with Crippen molar-refractivity contribution in [3.05, 3.63) is 76.9 Å². The number of hydrogen-bond acceptors (Lipinski definition) is 3. The maximum atomic E-state index is 13.5. The Morgan fingerprint density at radius 3 is 2.50 bits per heavy atom. The van der Waals surface area contributed by atoms with Crippen LogP contribution in [0.5, 0.6) is 0 Å². The van der Waals surface area contributed by atoms with Crippen molar-refractivity contribution in [2.75, 3.05) is 0 Å². The molecule has 0 aliphatic rings. The van der Waals surface area contributed by atoms with Gasteiger partial charge in [0.05, 0.1) is 16.9 Å². The first-order valence-electron chi connectivity index (χ1n) is 8.18. The van der Waals surface area contributed by atoms with E-state index in [1.807, 2.05) is 26.0 Å². The van der Waals surface area contributed by atoms with Crippen molar-refractivity contribution in [1.82, 2.24) is 20.1 Å². The fourth-order valence-electron chi connectivity index (χ4n) is 2.85. The normalized spacial score (nSPS) is 11.7. The number of benzene rings is 1. The van der Waals surface area contributed by atoms with Gasteiger partial charge in [-0.25, -0.2) is 4.68 Å². The van der Waals surface area contributed by atoms with Crippen LogP contribution < -0.4 is 5.32 Å². The summed E-state index contributed by atoms with van der Waals surface area (Å²) in [5.41, 5.74) is 2.42. The van der Waals surface area contributed by atoms with Gasteiger partial charge in [-0.1, -0.05) is 12.1 Å². The van der Waals surface area contributed by atoms with Gasteiger partial charge < -0.3 is 5.32 Å². The Kier molecular flexibility index (Phi) is 5.08. The van der Waals surface area contributed by atoms with E-state index in [1.165, 1.54) is 10.7 Å². The number of alkyl halides is 3. The predicted molar refractivity (Wildman–Crippen MR) is 92.8 cm³/mol. The molecule has 0 unspecified atom stereocenters. The number of rotatable bonds is 5. The van der Waals surface area contributed by atoms with E-state index < -0.39 is 11.7 Å². The summed E-state index contributed by atoms with van der Waals surface area (Å²) in [5.74, 6) is 0. The Morgan fingerprint density at radius 2 is 1.88 bits per heavy atom. The highest BCUT2D eigenvalue weighted by Gasteiger charge is 2.33. The fourth-order valence-corrected chi connectivity index (χ4v) is 2.85. The molecule has 2 heterocycles. The van der Waals surface area contributed by atoms with Gasteiger partial charge in [0, 0.05) is 31.2 Å². The molecule has 3 rings (SSSR count). The number of aryl methyl sites for hydroxylation is 2. The molecule has 0 spiro atoms. The monoisotopic (exact) mass is 360 g/mol. The maximum absolute atomic E-state index is 13.5. The zero-order chi connectivity index (χ0) is 18.7. The molecule has 1 N–H and O–H groups in total. The highest BCUT2D eigenvalue weighted by molar-refractivity contribution is 5.43. The lowest BCUT2D eigenvalue weighted by Crippen LogP contribution is -2.18. The molecule has 4 nitrogen and oxygen atoms in total. The second kappa shape index (κ2) is 7.29. The van der Waals surface area contributed by atoms with Crippen molar-refractivity contribution < 1.29 is 13.2 Å². The van der Waals surface area contributed by atoms with Crippen LogP contribution in [0, 0.1) is 13.8 Å². The largest absolute Gasteiger partial charge is 0.416 e. The van der Waals surface area contributed by atoms with Crippen LogP contribution in [0.25, 0.3) is 5.69 Å². The summed E-state index contributed by atoms with van der Waals surface area (Å²) >= 11 is 0. The molecular formula is C19H19F3N4. The van der Waals surface area contributed by atoms with E-state index in [2.05, 4.69) is 15.4 Å². The first kappa shape index (κ1) is 18.1. The molecule has 0 aliphatic heterocycles. The number of hydrogen-bond donors (Lipinski definition) is 1. The summed E-state index contributed by atoms with van der Waals surface area (Å²) in [7, 11) is 0. The quantitative estimate of drug-likeness (QED) is 0.742. The van der Waals surface area contributed by atoms with Crippen molar-refractivity contribution in [3.63, 3.8) is 0 Å². The number of halogens is 3. The van der Waals surface area contributed by atoms with Gasteiger partial charge in [0.2, 0.25) is 0 Å². The van der Waals surface area contributed by atoms with Crippen LogP contribution in [-0.4, -0.2) is 14.8 Å². The Balaban J connectivity index is 1.84. The average Bonchev–Trinajstić information content (AvgIpc) is 2.93. The SMILES string of the molecule is Cc1cc(C)n(-c2ccc(CNCc3cccnc3)c(C(F)(F)F)c2)n1. The van der Waals surface area contributed by atoms with E-state index in [4.69, 9.17) is 0 Å². The lowest BCUT2D eigenvalue weighted by Gasteiger charge is -2.16. The molecule has 1 aromatic carbocycles. The first-order valence-corrected chi connectivity index (χ1v) is 8.18. The molecular weight excluding hydrogens is 341 g/mol. The van der Waals surface area contributed by atoms with Gasteiger partial charge in [0.15, 0.2) is 0 Å². The molecule has 0 amide bonds. The minimum Gasteiger partial charge on any atom is -0.309 e. The van der Waals surface area contributed by atoms with Crippen molar-refractivity contribution in [2.45, 2.75) is 33.1 Å². The van der Waals surface area contributed by atoms with Crippen LogP contribution >= 0.6 is 0 Å². The Labute approximate surface area is 149 Å². The van der Waals surface area contributed by atoms with Crippen LogP contribution in [0.1, 0.15) is 28.1 Å². The Hall–Kier alpha value is -2.67. The lowest BCUT2D eigenvalue weighted by molar-refractivity contribution is -0.138. The van der Waals surface area contributed by atoms with Crippen LogP contribution in [0.2, 0.25) is 0 Å². The highest BCUT2D eigenvalue weighted by atomic mass is 19.4. The van der Waals surface area contributed by atoms with Gasteiger partial charge >= 0.3 is 6.18 Å². The third kappa shape index (κ3) is 4.11. The smallest absolute Gasteiger partial charge is 0.309 e. The predicted octanol–water partition coefficient (Wildman–Crippen LogP) is 4.19. The summed E-state index contributed by atoms with van der Waals surface area (Å²) < 4.78 is 42.1. The molecule has 0 aliphatic carbocycles. The van der Waals surface area contributed by atoms with Crippen LogP contribution in [0.15, 0.2) is 48.8 Å². The van der Waals surface area contributed by atoms with E-state index in [9.17, 15) is 13.2 Å². The van der Waals surface area contributed by atoms with Crippen LogP contribution in [0.4, 0.5) is 13.2 Å². The van der Waals surface area contributed by atoms with Gasteiger partial charge in [-0.05, 0) is 49.2 Å². The van der Waals surface area contributed by atoms with Gasteiger partial charge in [-0.3, -0.25) is 4.98 Å². The maximum Gasteiger partial charge on any atom is 0.416 e. The van der Waals surface area contributed by atoms with Crippen LogP contribution in [-0.2, 0) is 19.3 Å². The average molecular weight is 360 g/mol. The zero-order valence-electron chi connectivity index (χ0n) is 14.5. The third-order valence-electron chi connectivity index (χ3n) is 4.02. The second-order valence-electron chi connectivity index (χ2n) is 6.14.